The highest BCUT2D eigenvalue weighted by atomic mass is 16.1. The molecule has 1 saturated heterocycles. The van der Waals surface area contributed by atoms with E-state index in [-0.39, 0.29) is 11.8 Å². The Labute approximate surface area is 121 Å². The number of nitrogens with zero attached hydrogens (tertiary/aromatic N) is 1. The highest BCUT2D eigenvalue weighted by molar-refractivity contribution is 5.92. The summed E-state index contributed by atoms with van der Waals surface area (Å²) < 4.78 is 0. The molecule has 3 N–H and O–H groups in total. The minimum atomic E-state index is -0.153. The zero-order valence-electron chi connectivity index (χ0n) is 12.3. The SMILES string of the molecule is CC(CN)C(=O)Nc1ccc(N2CCCCCC2)cc1. The van der Waals surface area contributed by atoms with Crippen LogP contribution >= 0.6 is 0 Å². The summed E-state index contributed by atoms with van der Waals surface area (Å²) in [4.78, 5) is 14.2. The Bertz CT molecular complexity index is 422. The fourth-order valence-electron chi connectivity index (χ4n) is 2.46. The van der Waals surface area contributed by atoms with Crippen LogP contribution < -0.4 is 16.0 Å². The molecular weight excluding hydrogens is 250 g/mol. The largest absolute Gasteiger partial charge is 0.372 e. The summed E-state index contributed by atoms with van der Waals surface area (Å²) in [5, 5.41) is 2.90. The van der Waals surface area contributed by atoms with Crippen LogP contribution in [0.15, 0.2) is 24.3 Å². The van der Waals surface area contributed by atoms with E-state index in [0.29, 0.717) is 6.54 Å². The van der Waals surface area contributed by atoms with E-state index in [1.165, 1.54) is 31.4 Å². The predicted molar refractivity (Wildman–Crippen MR) is 84.0 cm³/mol. The van der Waals surface area contributed by atoms with Crippen molar-refractivity contribution in [2.45, 2.75) is 32.6 Å². The Morgan fingerprint density at radius 3 is 2.35 bits per heavy atom. The van der Waals surface area contributed by atoms with Crippen molar-refractivity contribution in [3.63, 3.8) is 0 Å². The van der Waals surface area contributed by atoms with E-state index in [0.717, 1.165) is 18.8 Å². The Kier molecular flexibility index (Phi) is 5.41. The second-order valence-electron chi connectivity index (χ2n) is 5.57. The van der Waals surface area contributed by atoms with Crippen LogP contribution in [0.2, 0.25) is 0 Å². The van der Waals surface area contributed by atoms with Crippen molar-refractivity contribution in [2.24, 2.45) is 11.7 Å². The van der Waals surface area contributed by atoms with Crippen LogP contribution in [0, 0.1) is 5.92 Å². The number of hydrogen-bond acceptors (Lipinski definition) is 3. The summed E-state index contributed by atoms with van der Waals surface area (Å²) in [5.41, 5.74) is 7.58. The molecular formula is C16H25N3O. The Morgan fingerprint density at radius 2 is 1.80 bits per heavy atom. The van der Waals surface area contributed by atoms with E-state index in [2.05, 4.69) is 22.3 Å². The number of hydrogen-bond donors (Lipinski definition) is 2. The first-order valence-corrected chi connectivity index (χ1v) is 7.56. The first kappa shape index (κ1) is 14.9. The zero-order chi connectivity index (χ0) is 14.4. The van der Waals surface area contributed by atoms with Crippen molar-refractivity contribution in [3.05, 3.63) is 24.3 Å². The van der Waals surface area contributed by atoms with Gasteiger partial charge in [-0.15, -0.1) is 0 Å². The second kappa shape index (κ2) is 7.29. The molecule has 20 heavy (non-hydrogen) atoms. The number of nitrogens with two attached hydrogens (primary N) is 1. The van der Waals surface area contributed by atoms with Crippen molar-refractivity contribution in [3.8, 4) is 0 Å². The molecule has 1 aliphatic rings. The topological polar surface area (TPSA) is 58.4 Å². The average molecular weight is 275 g/mol. The van der Waals surface area contributed by atoms with Crippen LogP contribution in [0.5, 0.6) is 0 Å². The molecule has 1 unspecified atom stereocenters. The quantitative estimate of drug-likeness (QED) is 0.888. The molecule has 1 aromatic rings. The molecule has 2 rings (SSSR count). The molecule has 0 bridgehead atoms. The van der Waals surface area contributed by atoms with Gasteiger partial charge in [0.2, 0.25) is 5.91 Å². The summed E-state index contributed by atoms with van der Waals surface area (Å²) in [6.07, 6.45) is 5.21. The van der Waals surface area contributed by atoms with Gasteiger partial charge in [-0.25, -0.2) is 0 Å². The summed E-state index contributed by atoms with van der Waals surface area (Å²) in [7, 11) is 0. The van der Waals surface area contributed by atoms with Crippen LogP contribution in [0.25, 0.3) is 0 Å². The number of carbonyl (C=O) groups excluding carboxylic acids is 1. The van der Waals surface area contributed by atoms with Gasteiger partial charge < -0.3 is 16.0 Å². The molecule has 1 atom stereocenters. The fraction of sp³-hybridized carbons (Fsp3) is 0.562. The number of anilines is 2. The van der Waals surface area contributed by atoms with Crippen molar-refractivity contribution in [1.29, 1.82) is 0 Å². The third kappa shape index (κ3) is 3.97. The smallest absolute Gasteiger partial charge is 0.228 e. The van der Waals surface area contributed by atoms with E-state index < -0.39 is 0 Å². The number of amides is 1. The van der Waals surface area contributed by atoms with Crippen molar-refractivity contribution in [2.75, 3.05) is 29.9 Å². The third-order valence-electron chi connectivity index (χ3n) is 3.91. The molecule has 1 fully saturated rings. The van der Waals surface area contributed by atoms with E-state index in [1.807, 2.05) is 19.1 Å². The van der Waals surface area contributed by atoms with E-state index in [9.17, 15) is 4.79 Å². The van der Waals surface area contributed by atoms with Crippen LogP contribution in [-0.2, 0) is 4.79 Å². The van der Waals surface area contributed by atoms with Crippen LogP contribution in [0.1, 0.15) is 32.6 Å². The van der Waals surface area contributed by atoms with Crippen molar-refractivity contribution < 1.29 is 4.79 Å². The van der Waals surface area contributed by atoms with Gasteiger partial charge in [-0.1, -0.05) is 19.8 Å². The zero-order valence-corrected chi connectivity index (χ0v) is 12.3. The number of rotatable bonds is 4. The highest BCUT2D eigenvalue weighted by Gasteiger charge is 2.12. The van der Waals surface area contributed by atoms with Crippen LogP contribution in [0.4, 0.5) is 11.4 Å². The summed E-state index contributed by atoms with van der Waals surface area (Å²) in [6.45, 7) is 4.48. The Hall–Kier alpha value is -1.55. The maximum absolute atomic E-state index is 11.8. The second-order valence-corrected chi connectivity index (χ2v) is 5.57. The van der Waals surface area contributed by atoms with Gasteiger partial charge in [0.25, 0.3) is 0 Å². The molecule has 4 heteroatoms. The summed E-state index contributed by atoms with van der Waals surface area (Å²) in [6, 6.07) is 8.13. The van der Waals surface area contributed by atoms with Gasteiger partial charge in [0.15, 0.2) is 0 Å². The minimum Gasteiger partial charge on any atom is -0.372 e. The summed E-state index contributed by atoms with van der Waals surface area (Å²) >= 11 is 0. The summed E-state index contributed by atoms with van der Waals surface area (Å²) in [5.74, 6) is -0.171. The molecule has 0 saturated carbocycles. The molecule has 1 heterocycles. The molecule has 4 nitrogen and oxygen atoms in total. The first-order chi connectivity index (χ1) is 9.70. The molecule has 0 radical (unpaired) electrons. The van der Waals surface area contributed by atoms with E-state index >= 15 is 0 Å². The lowest BCUT2D eigenvalue weighted by Crippen LogP contribution is -2.26. The lowest BCUT2D eigenvalue weighted by Gasteiger charge is -2.23. The maximum atomic E-state index is 11.8. The van der Waals surface area contributed by atoms with Crippen molar-refractivity contribution in [1.82, 2.24) is 0 Å². The molecule has 0 aliphatic carbocycles. The van der Waals surface area contributed by atoms with Gasteiger partial charge >= 0.3 is 0 Å². The lowest BCUT2D eigenvalue weighted by molar-refractivity contribution is -0.119. The minimum absolute atomic E-state index is 0.0185. The number of carbonyl (C=O) groups is 1. The average Bonchev–Trinajstić information content (AvgIpc) is 2.76. The molecule has 1 aliphatic heterocycles. The van der Waals surface area contributed by atoms with Gasteiger partial charge in [-0.2, -0.15) is 0 Å². The predicted octanol–water partition coefficient (Wildman–Crippen LogP) is 2.60. The first-order valence-electron chi connectivity index (χ1n) is 7.56. The fourth-order valence-corrected chi connectivity index (χ4v) is 2.46. The van der Waals surface area contributed by atoms with Gasteiger partial charge in [-0.3, -0.25) is 4.79 Å². The third-order valence-corrected chi connectivity index (χ3v) is 3.91. The Balaban J connectivity index is 1.97. The Morgan fingerprint density at radius 1 is 1.20 bits per heavy atom. The van der Waals surface area contributed by atoms with Crippen LogP contribution in [0.3, 0.4) is 0 Å². The molecule has 110 valence electrons. The molecule has 0 aromatic heterocycles. The van der Waals surface area contributed by atoms with Crippen molar-refractivity contribution >= 4 is 17.3 Å². The number of nitrogens with one attached hydrogen (secondary N) is 1. The van der Waals surface area contributed by atoms with Gasteiger partial charge in [0.1, 0.15) is 0 Å². The molecule has 1 aromatic carbocycles. The van der Waals surface area contributed by atoms with Gasteiger partial charge in [0.05, 0.1) is 0 Å². The van der Waals surface area contributed by atoms with Crippen LogP contribution in [-0.4, -0.2) is 25.5 Å². The lowest BCUT2D eigenvalue weighted by atomic mass is 10.1. The standard InChI is InChI=1S/C16H25N3O/c1-13(12-17)16(20)18-14-6-8-15(9-7-14)19-10-4-2-3-5-11-19/h6-9,13H,2-5,10-12,17H2,1H3,(H,18,20). The maximum Gasteiger partial charge on any atom is 0.228 e. The highest BCUT2D eigenvalue weighted by Crippen LogP contribution is 2.21. The number of benzene rings is 1. The monoisotopic (exact) mass is 275 g/mol. The normalized spacial score (nSPS) is 17.4. The van der Waals surface area contributed by atoms with E-state index in [4.69, 9.17) is 5.73 Å². The van der Waals surface area contributed by atoms with Gasteiger partial charge in [0, 0.05) is 36.9 Å². The van der Waals surface area contributed by atoms with Gasteiger partial charge in [-0.05, 0) is 37.1 Å². The molecule has 1 amide bonds. The molecule has 0 spiro atoms. The van der Waals surface area contributed by atoms with E-state index in [1.54, 1.807) is 0 Å².